The Balaban J connectivity index is 1.96. The van der Waals surface area contributed by atoms with E-state index >= 15 is 0 Å². The molecule has 0 radical (unpaired) electrons. The molecule has 1 heterocycles. The normalized spacial score (nSPS) is 19.4. The molecule has 1 aromatic rings. The Morgan fingerprint density at radius 3 is 2.86 bits per heavy atom. The average molecular weight is 312 g/mol. The fourth-order valence-corrected chi connectivity index (χ4v) is 3.73. The van der Waals surface area contributed by atoms with E-state index in [0.717, 1.165) is 13.0 Å². The highest BCUT2D eigenvalue weighted by Gasteiger charge is 2.18. The molecular weight excluding hydrogens is 288 g/mol. The van der Waals surface area contributed by atoms with Gasteiger partial charge in [-0.05, 0) is 37.9 Å². The maximum atomic E-state index is 12.1. The van der Waals surface area contributed by atoms with E-state index in [2.05, 4.69) is 10.0 Å². The number of piperidine rings is 1. The Hall–Kier alpha value is -1.11. The van der Waals surface area contributed by atoms with E-state index in [1.165, 1.54) is 19.3 Å². The molecule has 1 aliphatic heterocycles. The molecule has 1 saturated heterocycles. The van der Waals surface area contributed by atoms with Gasteiger partial charge < -0.3 is 10.1 Å². The van der Waals surface area contributed by atoms with E-state index in [9.17, 15) is 8.42 Å². The van der Waals surface area contributed by atoms with E-state index in [4.69, 9.17) is 4.74 Å². The highest BCUT2D eigenvalue weighted by atomic mass is 32.2. The van der Waals surface area contributed by atoms with Crippen molar-refractivity contribution >= 4 is 10.0 Å². The summed E-state index contributed by atoms with van der Waals surface area (Å²) in [6, 6.07) is 7.26. The number of benzene rings is 1. The van der Waals surface area contributed by atoms with Gasteiger partial charge in [-0.3, -0.25) is 0 Å². The number of hydrogen-bond acceptors (Lipinski definition) is 4. The first-order valence-corrected chi connectivity index (χ1v) is 9.06. The molecule has 6 heteroatoms. The fraction of sp³-hybridized carbons (Fsp3) is 0.600. The second kappa shape index (κ2) is 7.77. The molecule has 1 aromatic carbocycles. The van der Waals surface area contributed by atoms with Crippen LogP contribution in [0.15, 0.2) is 29.2 Å². The van der Waals surface area contributed by atoms with Crippen LogP contribution in [-0.2, 0) is 10.0 Å². The number of ether oxygens (including phenoxy) is 1. The Kier molecular flexibility index (Phi) is 6.02. The van der Waals surface area contributed by atoms with E-state index in [0.29, 0.717) is 24.9 Å². The lowest BCUT2D eigenvalue weighted by atomic mass is 10.0. The van der Waals surface area contributed by atoms with Gasteiger partial charge >= 0.3 is 0 Å². The lowest BCUT2D eigenvalue weighted by molar-refractivity contribution is 0.263. The molecule has 21 heavy (non-hydrogen) atoms. The summed E-state index contributed by atoms with van der Waals surface area (Å²) in [5, 5.41) is 3.46. The van der Waals surface area contributed by atoms with E-state index in [1.54, 1.807) is 31.2 Å². The summed E-state index contributed by atoms with van der Waals surface area (Å²) in [6.45, 7) is 3.71. The minimum atomic E-state index is -3.49. The van der Waals surface area contributed by atoms with Gasteiger partial charge in [-0.25, -0.2) is 13.1 Å². The minimum Gasteiger partial charge on any atom is -0.492 e. The second-order valence-electron chi connectivity index (χ2n) is 5.23. The molecule has 5 nitrogen and oxygen atoms in total. The molecule has 0 aromatic heterocycles. The number of hydrogen-bond donors (Lipinski definition) is 2. The first-order valence-electron chi connectivity index (χ1n) is 7.58. The summed E-state index contributed by atoms with van der Waals surface area (Å²) in [4.78, 5) is 0.212. The molecule has 0 saturated carbocycles. The first-order chi connectivity index (χ1) is 10.1. The van der Waals surface area contributed by atoms with Gasteiger partial charge in [0.15, 0.2) is 0 Å². The molecule has 2 N–H and O–H groups in total. The zero-order chi connectivity index (χ0) is 15.1. The van der Waals surface area contributed by atoms with Gasteiger partial charge in [0.2, 0.25) is 10.0 Å². The molecule has 0 spiro atoms. The summed E-state index contributed by atoms with van der Waals surface area (Å²) in [5.41, 5.74) is 0. The predicted octanol–water partition coefficient (Wildman–Crippen LogP) is 1.90. The smallest absolute Gasteiger partial charge is 0.244 e. The molecule has 0 amide bonds. The topological polar surface area (TPSA) is 67.4 Å². The van der Waals surface area contributed by atoms with Crippen molar-refractivity contribution in [3.05, 3.63) is 24.3 Å². The van der Waals surface area contributed by atoms with Gasteiger partial charge in [0, 0.05) is 12.6 Å². The molecule has 1 fully saturated rings. The Labute approximate surface area is 127 Å². The SMILES string of the molecule is CCNS(=O)(=O)c1ccccc1OCCC1CCCCN1. The van der Waals surface area contributed by atoms with Crippen LogP contribution >= 0.6 is 0 Å². The molecular formula is C15H24N2O3S. The summed E-state index contributed by atoms with van der Waals surface area (Å²) < 4.78 is 32.4. The van der Waals surface area contributed by atoms with Gasteiger partial charge in [0.05, 0.1) is 6.61 Å². The number of sulfonamides is 1. The molecule has 1 atom stereocenters. The van der Waals surface area contributed by atoms with Crippen molar-refractivity contribution in [2.75, 3.05) is 19.7 Å². The third kappa shape index (κ3) is 4.69. The van der Waals surface area contributed by atoms with Crippen molar-refractivity contribution in [2.45, 2.75) is 43.5 Å². The summed E-state index contributed by atoms with van der Waals surface area (Å²) in [7, 11) is -3.49. The molecule has 118 valence electrons. The predicted molar refractivity (Wildman–Crippen MR) is 83.1 cm³/mol. The van der Waals surface area contributed by atoms with E-state index in [1.807, 2.05) is 0 Å². The number of rotatable bonds is 7. The first kappa shape index (κ1) is 16.3. The van der Waals surface area contributed by atoms with Crippen molar-refractivity contribution in [1.82, 2.24) is 10.0 Å². The summed E-state index contributed by atoms with van der Waals surface area (Å²) in [6.07, 6.45) is 4.56. The third-order valence-electron chi connectivity index (χ3n) is 3.61. The van der Waals surface area contributed by atoms with Crippen molar-refractivity contribution in [3.8, 4) is 5.75 Å². The Morgan fingerprint density at radius 1 is 1.33 bits per heavy atom. The summed E-state index contributed by atoms with van der Waals surface area (Å²) in [5.74, 6) is 0.425. The molecule has 1 aliphatic rings. The van der Waals surface area contributed by atoms with E-state index in [-0.39, 0.29) is 4.90 Å². The van der Waals surface area contributed by atoms with Gasteiger partial charge in [-0.15, -0.1) is 0 Å². The van der Waals surface area contributed by atoms with E-state index < -0.39 is 10.0 Å². The highest BCUT2D eigenvalue weighted by molar-refractivity contribution is 7.89. The molecule has 0 aliphatic carbocycles. The van der Waals surface area contributed by atoms with Crippen LogP contribution in [0.3, 0.4) is 0 Å². The van der Waals surface area contributed by atoms with Crippen molar-refractivity contribution < 1.29 is 13.2 Å². The number of nitrogens with one attached hydrogen (secondary N) is 2. The molecule has 0 bridgehead atoms. The van der Waals surface area contributed by atoms with Gasteiger partial charge in [-0.1, -0.05) is 25.5 Å². The monoisotopic (exact) mass is 312 g/mol. The van der Waals surface area contributed by atoms with Crippen molar-refractivity contribution in [3.63, 3.8) is 0 Å². The third-order valence-corrected chi connectivity index (χ3v) is 5.19. The van der Waals surface area contributed by atoms with Gasteiger partial charge in [0.25, 0.3) is 0 Å². The van der Waals surface area contributed by atoms with Crippen LogP contribution in [0.2, 0.25) is 0 Å². The maximum Gasteiger partial charge on any atom is 0.244 e. The van der Waals surface area contributed by atoms with Crippen LogP contribution in [0.5, 0.6) is 5.75 Å². The van der Waals surface area contributed by atoms with Crippen LogP contribution in [-0.4, -0.2) is 34.2 Å². The van der Waals surface area contributed by atoms with Crippen LogP contribution in [0.4, 0.5) is 0 Å². The van der Waals surface area contributed by atoms with Crippen LogP contribution in [0.25, 0.3) is 0 Å². The summed E-state index contributed by atoms with van der Waals surface area (Å²) >= 11 is 0. The largest absolute Gasteiger partial charge is 0.492 e. The fourth-order valence-electron chi connectivity index (χ4n) is 2.54. The Bertz CT molecular complexity index is 540. The van der Waals surface area contributed by atoms with Crippen molar-refractivity contribution in [1.29, 1.82) is 0 Å². The quantitative estimate of drug-likeness (QED) is 0.807. The second-order valence-corrected chi connectivity index (χ2v) is 6.97. The zero-order valence-corrected chi connectivity index (χ0v) is 13.3. The molecule has 1 unspecified atom stereocenters. The Morgan fingerprint density at radius 2 is 2.14 bits per heavy atom. The van der Waals surface area contributed by atoms with Crippen LogP contribution in [0.1, 0.15) is 32.6 Å². The molecule has 2 rings (SSSR count). The highest BCUT2D eigenvalue weighted by Crippen LogP contribution is 2.23. The zero-order valence-electron chi connectivity index (χ0n) is 12.5. The standard InChI is InChI=1S/C15H24N2O3S/c1-2-17-21(18,19)15-9-4-3-8-14(15)20-12-10-13-7-5-6-11-16-13/h3-4,8-9,13,16-17H,2,5-7,10-12H2,1H3. The van der Waals surface area contributed by atoms with Crippen molar-refractivity contribution in [2.24, 2.45) is 0 Å². The van der Waals surface area contributed by atoms with Crippen LogP contribution < -0.4 is 14.8 Å². The van der Waals surface area contributed by atoms with Crippen LogP contribution in [0, 0.1) is 0 Å². The van der Waals surface area contributed by atoms with Gasteiger partial charge in [0.1, 0.15) is 10.6 Å². The average Bonchev–Trinajstić information content (AvgIpc) is 2.49. The maximum absolute atomic E-state index is 12.1. The minimum absolute atomic E-state index is 0.212. The van der Waals surface area contributed by atoms with Gasteiger partial charge in [-0.2, -0.15) is 0 Å². The lowest BCUT2D eigenvalue weighted by Gasteiger charge is -2.23. The number of para-hydroxylation sites is 1. The lowest BCUT2D eigenvalue weighted by Crippen LogP contribution is -2.35.